The normalized spacial score (nSPS) is 13.6. The lowest BCUT2D eigenvalue weighted by Crippen LogP contribution is -1.92. The molecule has 0 aromatic heterocycles. The van der Waals surface area contributed by atoms with Crippen LogP contribution in [0.3, 0.4) is 0 Å². The molecule has 0 amide bonds. The van der Waals surface area contributed by atoms with Gasteiger partial charge in [-0.05, 0) is 13.8 Å². The van der Waals surface area contributed by atoms with Crippen molar-refractivity contribution in [1.29, 1.82) is 0 Å². The molecule has 0 bridgehead atoms. The molecule has 0 atom stereocenters. The van der Waals surface area contributed by atoms with Gasteiger partial charge in [-0.25, -0.2) is 0 Å². The van der Waals surface area contributed by atoms with E-state index in [9.17, 15) is 4.79 Å². The van der Waals surface area contributed by atoms with Crippen molar-refractivity contribution in [3.63, 3.8) is 0 Å². The highest BCUT2D eigenvalue weighted by Crippen LogP contribution is 1.81. The SMILES string of the molecule is CC(C=O)=N/C=C(/C)N. The number of aliphatic imine (C=N–C) groups is 1. The zero-order valence-electron chi connectivity index (χ0n) is 5.59. The van der Waals surface area contributed by atoms with Gasteiger partial charge in [-0.2, -0.15) is 0 Å². The summed E-state index contributed by atoms with van der Waals surface area (Å²) in [5, 5.41) is 0. The number of aldehydes is 1. The maximum Gasteiger partial charge on any atom is 0.163 e. The van der Waals surface area contributed by atoms with Crippen LogP contribution in [0.15, 0.2) is 16.9 Å². The lowest BCUT2D eigenvalue weighted by Gasteiger charge is -1.84. The van der Waals surface area contributed by atoms with Crippen molar-refractivity contribution in [2.45, 2.75) is 13.8 Å². The highest BCUT2D eigenvalue weighted by molar-refractivity contribution is 6.27. The number of hydrogen-bond donors (Lipinski definition) is 1. The van der Waals surface area contributed by atoms with E-state index in [0.29, 0.717) is 17.7 Å². The molecular weight excluding hydrogens is 116 g/mol. The van der Waals surface area contributed by atoms with E-state index < -0.39 is 0 Å². The maximum atomic E-state index is 9.92. The van der Waals surface area contributed by atoms with Gasteiger partial charge in [0.15, 0.2) is 6.29 Å². The highest BCUT2D eigenvalue weighted by atomic mass is 16.1. The Morgan fingerprint density at radius 3 is 2.44 bits per heavy atom. The van der Waals surface area contributed by atoms with Crippen LogP contribution in [-0.4, -0.2) is 12.0 Å². The van der Waals surface area contributed by atoms with E-state index in [2.05, 4.69) is 4.99 Å². The predicted molar refractivity (Wildman–Crippen MR) is 37.1 cm³/mol. The molecule has 0 heterocycles. The Morgan fingerprint density at radius 1 is 1.56 bits per heavy atom. The van der Waals surface area contributed by atoms with Crippen LogP contribution in [0, 0.1) is 0 Å². The van der Waals surface area contributed by atoms with E-state index in [1.165, 1.54) is 6.20 Å². The topological polar surface area (TPSA) is 55.5 Å². The fraction of sp³-hybridized carbons (Fsp3) is 0.333. The molecule has 0 aromatic carbocycles. The van der Waals surface area contributed by atoms with Crippen molar-refractivity contribution >= 4 is 12.0 Å². The third-order valence-corrected chi connectivity index (χ3v) is 0.642. The van der Waals surface area contributed by atoms with Gasteiger partial charge < -0.3 is 5.73 Å². The highest BCUT2D eigenvalue weighted by Gasteiger charge is 1.80. The Bertz CT molecular complexity index is 154. The van der Waals surface area contributed by atoms with Crippen LogP contribution in [0.25, 0.3) is 0 Å². The Hall–Kier alpha value is -1.12. The molecule has 0 aromatic rings. The van der Waals surface area contributed by atoms with E-state index in [-0.39, 0.29) is 0 Å². The molecule has 3 nitrogen and oxygen atoms in total. The average Bonchev–Trinajstić information content (AvgIpc) is 1.83. The fourth-order valence-corrected chi connectivity index (χ4v) is 0.234. The quantitative estimate of drug-likeness (QED) is 0.432. The first kappa shape index (κ1) is 7.88. The third-order valence-electron chi connectivity index (χ3n) is 0.642. The van der Waals surface area contributed by atoms with Crippen LogP contribution in [0.4, 0.5) is 0 Å². The number of rotatable bonds is 2. The summed E-state index contributed by atoms with van der Waals surface area (Å²) >= 11 is 0. The van der Waals surface area contributed by atoms with Crippen LogP contribution < -0.4 is 5.73 Å². The van der Waals surface area contributed by atoms with Gasteiger partial charge in [0, 0.05) is 11.9 Å². The zero-order valence-corrected chi connectivity index (χ0v) is 5.59. The van der Waals surface area contributed by atoms with Crippen LogP contribution in [0.5, 0.6) is 0 Å². The minimum Gasteiger partial charge on any atom is -0.401 e. The molecule has 0 fully saturated rings. The fourth-order valence-electron chi connectivity index (χ4n) is 0.234. The Balaban J connectivity index is 3.98. The van der Waals surface area contributed by atoms with Crippen LogP contribution >= 0.6 is 0 Å². The molecule has 0 radical (unpaired) electrons. The zero-order chi connectivity index (χ0) is 7.28. The van der Waals surface area contributed by atoms with Gasteiger partial charge in [0.2, 0.25) is 0 Å². The molecule has 2 N–H and O–H groups in total. The number of hydrogen-bond acceptors (Lipinski definition) is 3. The number of carbonyl (C=O) groups is 1. The second-order valence-electron chi connectivity index (χ2n) is 1.76. The van der Waals surface area contributed by atoms with Crippen LogP contribution in [0.1, 0.15) is 13.8 Å². The molecule has 0 spiro atoms. The van der Waals surface area contributed by atoms with Gasteiger partial charge in [-0.3, -0.25) is 9.79 Å². The molecule has 3 heteroatoms. The van der Waals surface area contributed by atoms with Gasteiger partial charge in [-0.1, -0.05) is 0 Å². The maximum absolute atomic E-state index is 9.92. The molecule has 50 valence electrons. The molecule has 9 heavy (non-hydrogen) atoms. The standard InChI is InChI=1S/C6H10N2O/c1-5(7)3-8-6(2)4-9/h3-4H,7H2,1-2H3/b5-3-,8-6?. The van der Waals surface area contributed by atoms with E-state index in [4.69, 9.17) is 5.73 Å². The van der Waals surface area contributed by atoms with Gasteiger partial charge in [0.05, 0.1) is 5.71 Å². The molecular formula is C6H10N2O. The molecule has 0 aliphatic carbocycles. The number of nitrogens with zero attached hydrogens (tertiary/aromatic N) is 1. The lowest BCUT2D eigenvalue weighted by molar-refractivity contribution is -0.102. The Morgan fingerprint density at radius 2 is 2.11 bits per heavy atom. The molecule has 0 rings (SSSR count). The van der Waals surface area contributed by atoms with Crippen molar-refractivity contribution in [3.05, 3.63) is 11.9 Å². The van der Waals surface area contributed by atoms with Gasteiger partial charge in [-0.15, -0.1) is 0 Å². The third kappa shape index (κ3) is 4.74. The number of allylic oxidation sites excluding steroid dienone is 1. The lowest BCUT2D eigenvalue weighted by atomic mass is 10.5. The summed E-state index contributed by atoms with van der Waals surface area (Å²) in [5.41, 5.74) is 6.26. The molecule has 0 unspecified atom stereocenters. The van der Waals surface area contributed by atoms with E-state index in [1.54, 1.807) is 13.8 Å². The van der Waals surface area contributed by atoms with Gasteiger partial charge in [0.1, 0.15) is 0 Å². The molecule has 0 aliphatic heterocycles. The van der Waals surface area contributed by atoms with Crippen molar-refractivity contribution in [2.24, 2.45) is 10.7 Å². The summed E-state index contributed by atoms with van der Waals surface area (Å²) in [4.78, 5) is 13.6. The van der Waals surface area contributed by atoms with E-state index in [1.807, 2.05) is 0 Å². The van der Waals surface area contributed by atoms with Gasteiger partial charge >= 0.3 is 0 Å². The molecule has 0 aliphatic rings. The minimum atomic E-state index is 0.430. The summed E-state index contributed by atoms with van der Waals surface area (Å²) in [6, 6.07) is 0. The smallest absolute Gasteiger partial charge is 0.163 e. The van der Waals surface area contributed by atoms with Crippen molar-refractivity contribution < 1.29 is 4.79 Å². The van der Waals surface area contributed by atoms with Crippen molar-refractivity contribution in [3.8, 4) is 0 Å². The van der Waals surface area contributed by atoms with E-state index in [0.717, 1.165) is 0 Å². The first-order chi connectivity index (χ1) is 4.16. The Kier molecular flexibility index (Phi) is 3.35. The summed E-state index contributed by atoms with van der Waals surface area (Å²) in [5.74, 6) is 0. The van der Waals surface area contributed by atoms with Crippen molar-refractivity contribution in [2.75, 3.05) is 0 Å². The second-order valence-corrected chi connectivity index (χ2v) is 1.76. The predicted octanol–water partition coefficient (Wildman–Crippen LogP) is 0.466. The van der Waals surface area contributed by atoms with Crippen LogP contribution in [0.2, 0.25) is 0 Å². The first-order valence-electron chi connectivity index (χ1n) is 2.58. The molecule has 0 saturated heterocycles. The summed E-state index contributed by atoms with van der Waals surface area (Å²) in [7, 11) is 0. The van der Waals surface area contributed by atoms with Crippen molar-refractivity contribution in [1.82, 2.24) is 0 Å². The summed E-state index contributed by atoms with van der Waals surface area (Å²) in [6.45, 7) is 3.33. The minimum absolute atomic E-state index is 0.430. The van der Waals surface area contributed by atoms with E-state index >= 15 is 0 Å². The number of nitrogens with two attached hydrogens (primary N) is 1. The first-order valence-corrected chi connectivity index (χ1v) is 2.58. The summed E-state index contributed by atoms with van der Waals surface area (Å²) in [6.07, 6.45) is 2.13. The summed E-state index contributed by atoms with van der Waals surface area (Å²) < 4.78 is 0. The Labute approximate surface area is 54.3 Å². The largest absolute Gasteiger partial charge is 0.401 e. The number of carbonyl (C=O) groups excluding carboxylic acids is 1. The molecule has 0 saturated carbocycles. The van der Waals surface area contributed by atoms with Gasteiger partial charge in [0.25, 0.3) is 0 Å². The monoisotopic (exact) mass is 126 g/mol. The second kappa shape index (κ2) is 3.83. The van der Waals surface area contributed by atoms with Crippen LogP contribution in [-0.2, 0) is 4.79 Å². The average molecular weight is 126 g/mol.